The summed E-state index contributed by atoms with van der Waals surface area (Å²) in [5.74, 6) is -0.104. The minimum atomic E-state index is -0.104. The van der Waals surface area contributed by atoms with Crippen molar-refractivity contribution in [1.29, 1.82) is 5.26 Å². The molecular weight excluding hydrogens is 396 g/mol. The first-order valence-corrected chi connectivity index (χ1v) is 11.0. The molecule has 5 nitrogen and oxygen atoms in total. The molecule has 0 saturated carbocycles. The molecule has 1 aliphatic carbocycles. The number of nitrogens with one attached hydrogen (secondary N) is 2. The van der Waals surface area contributed by atoms with E-state index in [2.05, 4.69) is 41.8 Å². The fourth-order valence-corrected chi connectivity index (χ4v) is 3.78. The fourth-order valence-electron chi connectivity index (χ4n) is 3.78. The molecule has 32 heavy (non-hydrogen) atoms. The number of hydrogen-bond acceptors (Lipinski definition) is 4. The summed E-state index contributed by atoms with van der Waals surface area (Å²) in [6.07, 6.45) is 9.17. The fraction of sp³-hybridized carbons (Fsp3) is 0.259. The van der Waals surface area contributed by atoms with Gasteiger partial charge in [-0.05, 0) is 67.7 Å². The van der Waals surface area contributed by atoms with E-state index in [0.717, 1.165) is 37.1 Å². The maximum atomic E-state index is 12.7. The number of benzene rings is 2. The largest absolute Gasteiger partial charge is 0.399 e. The van der Waals surface area contributed by atoms with Gasteiger partial charge in [-0.1, -0.05) is 49.8 Å². The van der Waals surface area contributed by atoms with E-state index >= 15 is 0 Å². The van der Waals surface area contributed by atoms with E-state index in [9.17, 15) is 4.79 Å². The van der Waals surface area contributed by atoms with Gasteiger partial charge in [0.05, 0.1) is 11.6 Å². The molecule has 164 valence electrons. The van der Waals surface area contributed by atoms with Crippen LogP contribution in [0.1, 0.15) is 43.4 Å². The van der Waals surface area contributed by atoms with Crippen molar-refractivity contribution in [1.82, 2.24) is 5.32 Å². The van der Waals surface area contributed by atoms with E-state index in [1.54, 1.807) is 25.1 Å². The SMILES string of the molecule is CCC/C=C(/C=C(N)\C=C(/C)C(=O)NC1Cc2ccccc2C1)Nc1cccc(C#N)c1. The number of rotatable bonds is 8. The van der Waals surface area contributed by atoms with Crippen LogP contribution in [0.4, 0.5) is 5.69 Å². The Morgan fingerprint density at radius 3 is 2.53 bits per heavy atom. The summed E-state index contributed by atoms with van der Waals surface area (Å²) in [5, 5.41) is 15.6. The van der Waals surface area contributed by atoms with Crippen molar-refractivity contribution in [3.63, 3.8) is 0 Å². The number of nitrogens with zero attached hydrogens (tertiary/aromatic N) is 1. The number of carbonyl (C=O) groups excluding carboxylic acids is 1. The third-order valence-electron chi connectivity index (χ3n) is 5.38. The van der Waals surface area contributed by atoms with Crippen LogP contribution in [-0.4, -0.2) is 11.9 Å². The Morgan fingerprint density at radius 1 is 1.16 bits per heavy atom. The Morgan fingerprint density at radius 2 is 1.88 bits per heavy atom. The highest BCUT2D eigenvalue weighted by Gasteiger charge is 2.22. The molecule has 1 amide bonds. The van der Waals surface area contributed by atoms with Crippen molar-refractivity contribution >= 4 is 11.6 Å². The molecule has 5 heteroatoms. The van der Waals surface area contributed by atoms with Gasteiger partial charge in [-0.15, -0.1) is 0 Å². The van der Waals surface area contributed by atoms with Crippen LogP contribution in [0.3, 0.4) is 0 Å². The summed E-state index contributed by atoms with van der Waals surface area (Å²) in [5.41, 5.74) is 12.1. The average molecular weight is 427 g/mol. The second-order valence-electron chi connectivity index (χ2n) is 8.08. The molecule has 1 aliphatic rings. The highest BCUT2D eigenvalue weighted by Crippen LogP contribution is 2.22. The number of amides is 1. The summed E-state index contributed by atoms with van der Waals surface area (Å²) >= 11 is 0. The van der Waals surface area contributed by atoms with E-state index in [1.807, 2.05) is 30.3 Å². The molecule has 0 spiro atoms. The predicted octanol–water partition coefficient (Wildman–Crippen LogP) is 4.73. The van der Waals surface area contributed by atoms with Crippen LogP contribution in [-0.2, 0) is 17.6 Å². The zero-order valence-corrected chi connectivity index (χ0v) is 18.7. The predicted molar refractivity (Wildman–Crippen MR) is 130 cm³/mol. The maximum Gasteiger partial charge on any atom is 0.247 e. The Labute approximate surface area is 190 Å². The minimum Gasteiger partial charge on any atom is -0.399 e. The van der Waals surface area contributed by atoms with Crippen LogP contribution in [0.15, 0.2) is 83.7 Å². The number of anilines is 1. The van der Waals surface area contributed by atoms with Crippen molar-refractivity contribution < 1.29 is 4.79 Å². The van der Waals surface area contributed by atoms with Crippen LogP contribution in [0.5, 0.6) is 0 Å². The molecule has 0 unspecified atom stereocenters. The van der Waals surface area contributed by atoms with E-state index in [0.29, 0.717) is 16.8 Å². The molecule has 0 bridgehead atoms. The Balaban J connectivity index is 1.67. The van der Waals surface area contributed by atoms with Crippen molar-refractivity contribution in [2.75, 3.05) is 5.32 Å². The summed E-state index contributed by atoms with van der Waals surface area (Å²) in [4.78, 5) is 12.7. The first kappa shape index (κ1) is 22.9. The smallest absolute Gasteiger partial charge is 0.247 e. The van der Waals surface area contributed by atoms with Crippen LogP contribution in [0, 0.1) is 11.3 Å². The first-order valence-electron chi connectivity index (χ1n) is 11.0. The molecule has 0 heterocycles. The van der Waals surface area contributed by atoms with Crippen molar-refractivity contribution in [3.8, 4) is 6.07 Å². The lowest BCUT2D eigenvalue weighted by Gasteiger charge is -2.13. The molecule has 3 rings (SSSR count). The van der Waals surface area contributed by atoms with Crippen molar-refractivity contribution in [3.05, 3.63) is 100 Å². The number of unbranched alkanes of at least 4 members (excludes halogenated alkanes) is 1. The highest BCUT2D eigenvalue weighted by molar-refractivity contribution is 5.93. The van der Waals surface area contributed by atoms with Gasteiger partial charge in [-0.2, -0.15) is 5.26 Å². The van der Waals surface area contributed by atoms with Crippen molar-refractivity contribution in [2.45, 2.75) is 45.6 Å². The molecule has 0 saturated heterocycles. The molecule has 0 radical (unpaired) electrons. The first-order chi connectivity index (χ1) is 15.5. The Hall–Kier alpha value is -3.78. The van der Waals surface area contributed by atoms with Gasteiger partial charge >= 0.3 is 0 Å². The molecule has 0 fully saturated rings. The summed E-state index contributed by atoms with van der Waals surface area (Å²) < 4.78 is 0. The van der Waals surface area contributed by atoms with E-state index in [-0.39, 0.29) is 11.9 Å². The molecule has 0 aliphatic heterocycles. The van der Waals surface area contributed by atoms with Crippen LogP contribution in [0.2, 0.25) is 0 Å². The van der Waals surface area contributed by atoms with Gasteiger partial charge in [0.25, 0.3) is 0 Å². The van der Waals surface area contributed by atoms with Gasteiger partial charge in [0, 0.05) is 28.7 Å². The van der Waals surface area contributed by atoms with E-state index in [4.69, 9.17) is 11.0 Å². The average Bonchev–Trinajstić information content (AvgIpc) is 3.19. The highest BCUT2D eigenvalue weighted by atomic mass is 16.1. The van der Waals surface area contributed by atoms with Gasteiger partial charge < -0.3 is 16.4 Å². The van der Waals surface area contributed by atoms with Gasteiger partial charge in [0.2, 0.25) is 5.91 Å². The van der Waals surface area contributed by atoms with Crippen molar-refractivity contribution in [2.24, 2.45) is 5.73 Å². The lowest BCUT2D eigenvalue weighted by atomic mass is 10.1. The minimum absolute atomic E-state index is 0.104. The number of hydrogen-bond donors (Lipinski definition) is 3. The molecule has 0 atom stereocenters. The molecular formula is C27H30N4O. The maximum absolute atomic E-state index is 12.7. The topological polar surface area (TPSA) is 90.9 Å². The lowest BCUT2D eigenvalue weighted by Crippen LogP contribution is -2.35. The van der Waals surface area contributed by atoms with Gasteiger partial charge in [0.15, 0.2) is 0 Å². The van der Waals surface area contributed by atoms with Gasteiger partial charge in [0.1, 0.15) is 0 Å². The standard InChI is InChI=1S/C27H30N4O/c1-3-4-11-25(30-24-12-7-8-20(14-24)18-28)17-23(29)13-19(2)27(32)31-26-15-21-9-5-6-10-22(21)16-26/h5-14,17,26,30H,3-4,15-16,29H2,1-2H3,(H,31,32)/b19-13+,23-17+,25-11-. The third-order valence-corrected chi connectivity index (χ3v) is 5.38. The Kier molecular flexibility index (Phi) is 7.88. The van der Waals surface area contributed by atoms with Gasteiger partial charge in [-0.25, -0.2) is 0 Å². The number of nitriles is 1. The monoisotopic (exact) mass is 426 g/mol. The van der Waals surface area contributed by atoms with Crippen LogP contribution < -0.4 is 16.4 Å². The molecule has 2 aromatic carbocycles. The van der Waals surface area contributed by atoms with E-state index in [1.165, 1.54) is 11.1 Å². The second-order valence-corrected chi connectivity index (χ2v) is 8.08. The number of carbonyl (C=O) groups is 1. The quantitative estimate of drug-likeness (QED) is 0.420. The molecule has 0 aromatic heterocycles. The van der Waals surface area contributed by atoms with Crippen LogP contribution >= 0.6 is 0 Å². The molecule has 2 aromatic rings. The van der Waals surface area contributed by atoms with Gasteiger partial charge in [-0.3, -0.25) is 4.79 Å². The number of allylic oxidation sites excluding steroid dienone is 3. The number of fused-ring (bicyclic) bond motifs is 1. The zero-order valence-electron chi connectivity index (χ0n) is 18.7. The Bertz CT molecular complexity index is 1080. The molecule has 4 N–H and O–H groups in total. The number of nitrogens with two attached hydrogens (primary N) is 1. The summed E-state index contributed by atoms with van der Waals surface area (Å²) in [6.45, 7) is 3.88. The van der Waals surface area contributed by atoms with Crippen LogP contribution in [0.25, 0.3) is 0 Å². The summed E-state index contributed by atoms with van der Waals surface area (Å²) in [6, 6.07) is 17.9. The lowest BCUT2D eigenvalue weighted by molar-refractivity contribution is -0.118. The second kappa shape index (κ2) is 11.0. The van der Waals surface area contributed by atoms with E-state index < -0.39 is 0 Å². The summed E-state index contributed by atoms with van der Waals surface area (Å²) in [7, 11) is 0. The normalized spacial score (nSPS) is 14.6. The zero-order chi connectivity index (χ0) is 22.9. The third kappa shape index (κ3) is 6.36.